The smallest absolute Gasteiger partial charge is 0.106 e. The number of likely N-dealkylation sites (N-methyl/N-ethyl adjacent to an activating group) is 1. The first-order valence-corrected chi connectivity index (χ1v) is 7.30. The third-order valence-corrected chi connectivity index (χ3v) is 5.20. The first kappa shape index (κ1) is 13.1. The third-order valence-electron chi connectivity index (χ3n) is 4.15. The van der Waals surface area contributed by atoms with E-state index >= 15 is 0 Å². The monoisotopic (exact) mass is 253 g/mol. The molecule has 1 aliphatic rings. The molecule has 1 atom stereocenters. The Balaban J connectivity index is 2.26. The molecule has 0 aromatic carbocycles. The van der Waals surface area contributed by atoms with Crippen LogP contribution in [0.2, 0.25) is 0 Å². The van der Waals surface area contributed by atoms with Crippen LogP contribution < -0.4 is 0 Å². The second kappa shape index (κ2) is 5.09. The zero-order valence-corrected chi connectivity index (χ0v) is 11.9. The van der Waals surface area contributed by atoms with E-state index in [-0.39, 0.29) is 11.6 Å². The van der Waals surface area contributed by atoms with Gasteiger partial charge in [-0.05, 0) is 46.0 Å². The molecule has 2 nitrogen and oxygen atoms in total. The highest BCUT2D eigenvalue weighted by Crippen LogP contribution is 2.43. The first-order valence-electron chi connectivity index (χ1n) is 6.48. The summed E-state index contributed by atoms with van der Waals surface area (Å²) in [5.41, 5.74) is -0.0461. The van der Waals surface area contributed by atoms with Crippen LogP contribution in [0.1, 0.15) is 48.0 Å². The highest BCUT2D eigenvalue weighted by atomic mass is 32.1. The van der Waals surface area contributed by atoms with Gasteiger partial charge in [0.15, 0.2) is 0 Å². The van der Waals surface area contributed by atoms with Crippen LogP contribution in [-0.2, 0) is 0 Å². The van der Waals surface area contributed by atoms with E-state index in [0.717, 1.165) is 17.7 Å². The predicted octanol–water partition coefficient (Wildman–Crippen LogP) is 3.35. The average Bonchev–Trinajstić information content (AvgIpc) is 2.75. The molecule has 0 spiro atoms. The third kappa shape index (κ3) is 2.42. The molecular formula is C14H23NOS. The molecule has 17 heavy (non-hydrogen) atoms. The van der Waals surface area contributed by atoms with Gasteiger partial charge in [0, 0.05) is 9.75 Å². The number of nitrogens with zero attached hydrogens (tertiary/aromatic N) is 1. The molecule has 0 bridgehead atoms. The van der Waals surface area contributed by atoms with Gasteiger partial charge in [0.25, 0.3) is 0 Å². The number of thiophene rings is 1. The fraction of sp³-hybridized carbons (Fsp3) is 0.714. The minimum Gasteiger partial charge on any atom is -0.386 e. The summed E-state index contributed by atoms with van der Waals surface area (Å²) in [6, 6.07) is 4.19. The predicted molar refractivity (Wildman–Crippen MR) is 73.5 cm³/mol. The van der Waals surface area contributed by atoms with Crippen LogP contribution in [0.3, 0.4) is 0 Å². The number of aliphatic hydroxyl groups excluding tert-OH is 1. The first-order chi connectivity index (χ1) is 8.06. The van der Waals surface area contributed by atoms with Crippen molar-refractivity contribution >= 4 is 11.3 Å². The molecule has 3 heteroatoms. The summed E-state index contributed by atoms with van der Waals surface area (Å²) in [5.74, 6) is 0. The molecule has 1 aromatic heterocycles. The van der Waals surface area contributed by atoms with Gasteiger partial charge in [-0.3, -0.25) is 0 Å². The molecule has 0 aliphatic heterocycles. The molecule has 1 fully saturated rings. The molecule has 1 saturated carbocycles. The van der Waals surface area contributed by atoms with Gasteiger partial charge in [0.1, 0.15) is 6.10 Å². The summed E-state index contributed by atoms with van der Waals surface area (Å²) in [6.45, 7) is 2.10. The van der Waals surface area contributed by atoms with E-state index in [9.17, 15) is 5.11 Å². The minimum absolute atomic E-state index is 0.0461. The Morgan fingerprint density at radius 2 is 1.88 bits per heavy atom. The van der Waals surface area contributed by atoms with Gasteiger partial charge in [-0.15, -0.1) is 11.3 Å². The van der Waals surface area contributed by atoms with Crippen LogP contribution in [0, 0.1) is 6.92 Å². The van der Waals surface area contributed by atoms with Crippen molar-refractivity contribution in [3.8, 4) is 0 Å². The zero-order chi connectivity index (χ0) is 12.5. The van der Waals surface area contributed by atoms with Gasteiger partial charge in [0.05, 0.1) is 5.54 Å². The van der Waals surface area contributed by atoms with Gasteiger partial charge in [-0.25, -0.2) is 0 Å². The van der Waals surface area contributed by atoms with E-state index < -0.39 is 0 Å². The second-order valence-electron chi connectivity index (χ2n) is 5.41. The largest absolute Gasteiger partial charge is 0.386 e. The second-order valence-corrected chi connectivity index (χ2v) is 6.73. The van der Waals surface area contributed by atoms with Crippen molar-refractivity contribution < 1.29 is 5.11 Å². The topological polar surface area (TPSA) is 23.5 Å². The highest BCUT2D eigenvalue weighted by molar-refractivity contribution is 7.12. The standard InChI is InChI=1S/C14H23NOS/c1-11-7-8-12(17-11)13(16)14(15(2)3)9-5-4-6-10-14/h7-8,13,16H,4-6,9-10H2,1-3H3. The Hall–Kier alpha value is -0.380. The number of rotatable bonds is 3. The maximum atomic E-state index is 10.7. The lowest BCUT2D eigenvalue weighted by Crippen LogP contribution is -2.50. The van der Waals surface area contributed by atoms with Crippen molar-refractivity contribution in [1.29, 1.82) is 0 Å². The lowest BCUT2D eigenvalue weighted by molar-refractivity contribution is -0.0317. The summed E-state index contributed by atoms with van der Waals surface area (Å²) in [4.78, 5) is 4.65. The van der Waals surface area contributed by atoms with Crippen LogP contribution in [0.15, 0.2) is 12.1 Å². The molecule has 0 radical (unpaired) electrons. The van der Waals surface area contributed by atoms with Crippen molar-refractivity contribution in [2.75, 3.05) is 14.1 Å². The number of aliphatic hydroxyl groups is 1. The average molecular weight is 253 g/mol. The van der Waals surface area contributed by atoms with E-state index in [1.165, 1.54) is 24.1 Å². The summed E-state index contributed by atoms with van der Waals surface area (Å²) in [7, 11) is 4.21. The van der Waals surface area contributed by atoms with Crippen molar-refractivity contribution in [3.05, 3.63) is 21.9 Å². The van der Waals surface area contributed by atoms with Crippen molar-refractivity contribution in [3.63, 3.8) is 0 Å². The zero-order valence-electron chi connectivity index (χ0n) is 11.1. The Bertz CT molecular complexity index is 366. The van der Waals surface area contributed by atoms with Crippen molar-refractivity contribution in [1.82, 2.24) is 4.90 Å². The summed E-state index contributed by atoms with van der Waals surface area (Å²) in [6.07, 6.45) is 5.66. The molecule has 0 amide bonds. The summed E-state index contributed by atoms with van der Waals surface area (Å²) >= 11 is 1.73. The van der Waals surface area contributed by atoms with Crippen molar-refractivity contribution in [2.45, 2.75) is 50.7 Å². The maximum absolute atomic E-state index is 10.7. The van der Waals surface area contributed by atoms with Crippen LogP contribution in [0.5, 0.6) is 0 Å². The summed E-state index contributed by atoms with van der Waals surface area (Å²) < 4.78 is 0. The molecule has 2 rings (SSSR count). The Labute approximate surface area is 108 Å². The Kier molecular flexibility index (Phi) is 3.91. The van der Waals surface area contributed by atoms with Crippen molar-refractivity contribution in [2.24, 2.45) is 0 Å². The van der Waals surface area contributed by atoms with Gasteiger partial charge in [0.2, 0.25) is 0 Å². The normalized spacial score (nSPS) is 21.7. The highest BCUT2D eigenvalue weighted by Gasteiger charge is 2.42. The fourth-order valence-electron chi connectivity index (χ4n) is 2.99. The quantitative estimate of drug-likeness (QED) is 0.893. The molecule has 0 saturated heterocycles. The van der Waals surface area contributed by atoms with E-state index in [1.54, 1.807) is 11.3 Å². The molecule has 1 N–H and O–H groups in total. The molecule has 1 unspecified atom stereocenters. The SMILES string of the molecule is Cc1ccc(C(O)C2(N(C)C)CCCCC2)s1. The number of aryl methyl sites for hydroxylation is 1. The van der Waals surface area contributed by atoms with Gasteiger partial charge < -0.3 is 10.0 Å². The van der Waals surface area contributed by atoms with Crippen LogP contribution in [-0.4, -0.2) is 29.6 Å². The maximum Gasteiger partial charge on any atom is 0.106 e. The van der Waals surface area contributed by atoms with Crippen LogP contribution >= 0.6 is 11.3 Å². The van der Waals surface area contributed by atoms with Crippen LogP contribution in [0.4, 0.5) is 0 Å². The lowest BCUT2D eigenvalue weighted by Gasteiger charge is -2.46. The Morgan fingerprint density at radius 1 is 1.24 bits per heavy atom. The molecule has 96 valence electrons. The van der Waals surface area contributed by atoms with Gasteiger partial charge >= 0.3 is 0 Å². The molecular weight excluding hydrogens is 230 g/mol. The lowest BCUT2D eigenvalue weighted by atomic mass is 9.76. The fourth-order valence-corrected chi connectivity index (χ4v) is 3.97. The minimum atomic E-state index is -0.337. The van der Waals surface area contributed by atoms with E-state index in [1.807, 2.05) is 0 Å². The summed E-state index contributed by atoms with van der Waals surface area (Å²) in [5, 5.41) is 10.7. The van der Waals surface area contributed by atoms with E-state index in [4.69, 9.17) is 0 Å². The number of hydrogen-bond acceptors (Lipinski definition) is 3. The van der Waals surface area contributed by atoms with E-state index in [2.05, 4.69) is 38.1 Å². The van der Waals surface area contributed by atoms with E-state index in [0.29, 0.717) is 0 Å². The number of hydrogen-bond donors (Lipinski definition) is 1. The van der Waals surface area contributed by atoms with Crippen LogP contribution in [0.25, 0.3) is 0 Å². The van der Waals surface area contributed by atoms with Gasteiger partial charge in [-0.1, -0.05) is 19.3 Å². The molecule has 1 heterocycles. The van der Waals surface area contributed by atoms with Gasteiger partial charge in [-0.2, -0.15) is 0 Å². The molecule has 1 aliphatic carbocycles. The molecule has 1 aromatic rings. The Morgan fingerprint density at radius 3 is 2.35 bits per heavy atom.